The molecule has 3 heterocycles. The average molecular weight is 501 g/mol. The molecule has 2 aromatic carbocycles. The van der Waals surface area contributed by atoms with Crippen LogP contribution in [0.1, 0.15) is 30.0 Å². The topological polar surface area (TPSA) is 95.8 Å². The number of rotatable bonds is 4. The normalized spacial score (nSPS) is 13.5. The van der Waals surface area contributed by atoms with Gasteiger partial charge in [-0.15, -0.1) is 0 Å². The Morgan fingerprint density at radius 3 is 2.46 bits per heavy atom. The van der Waals surface area contributed by atoms with E-state index in [1.165, 1.54) is 26.8 Å². The van der Waals surface area contributed by atoms with Crippen LogP contribution in [0.3, 0.4) is 0 Å². The Balaban J connectivity index is 1.75. The number of aromatic nitrogens is 5. The van der Waals surface area contributed by atoms with Crippen LogP contribution in [-0.2, 0) is 14.1 Å². The van der Waals surface area contributed by atoms with Crippen LogP contribution in [0.5, 0.6) is 0 Å². The van der Waals surface area contributed by atoms with Gasteiger partial charge in [0.05, 0.1) is 28.6 Å². The third-order valence-electron chi connectivity index (χ3n) is 7.12. The number of hydrogen-bond acceptors (Lipinski definition) is 5. The fourth-order valence-corrected chi connectivity index (χ4v) is 4.99. The highest BCUT2D eigenvalue weighted by molar-refractivity contribution is 5.94. The summed E-state index contributed by atoms with van der Waals surface area (Å²) in [5, 5.41) is 8.22. The predicted octanol–water partition coefficient (Wildman–Crippen LogP) is 3.57. The zero-order valence-corrected chi connectivity index (χ0v) is 20.9. The molecule has 37 heavy (non-hydrogen) atoms. The molecular weight excluding hydrogens is 475 g/mol. The molecule has 1 fully saturated rings. The summed E-state index contributed by atoms with van der Waals surface area (Å²) < 4.78 is 20.5. The molecule has 0 saturated heterocycles. The smallest absolute Gasteiger partial charge is 0.336 e. The van der Waals surface area contributed by atoms with Crippen molar-refractivity contribution in [2.24, 2.45) is 14.1 Å². The van der Waals surface area contributed by atoms with E-state index < -0.39 is 22.6 Å². The highest BCUT2D eigenvalue weighted by Gasteiger charge is 2.31. The standard InChI is InChI=1S/C27H25FN6O3/c1-14-5-9-20(19(28)11-14)30-24-22-23(15(2)25(35)31(24)3)33(27(37)34(26(22)36)17-6-7-17)18-8-10-21-16(12-18)13-29-32(21)4/h5,8-13,17,30H,6-7H2,1-4H3. The lowest BCUT2D eigenvalue weighted by atomic mass is 10.1. The minimum atomic E-state index is -0.515. The molecule has 0 amide bonds. The van der Waals surface area contributed by atoms with Gasteiger partial charge < -0.3 is 5.32 Å². The number of halogens is 1. The highest BCUT2D eigenvalue weighted by atomic mass is 19.1. The fraction of sp³-hybridized carbons (Fsp3) is 0.259. The van der Waals surface area contributed by atoms with Crippen LogP contribution in [0.2, 0.25) is 0 Å². The lowest BCUT2D eigenvalue weighted by Gasteiger charge is -2.20. The third-order valence-corrected chi connectivity index (χ3v) is 7.12. The second-order valence-electron chi connectivity index (χ2n) is 9.71. The molecular formula is C27H25FN6O3. The van der Waals surface area contributed by atoms with E-state index in [0.29, 0.717) is 18.5 Å². The van der Waals surface area contributed by atoms with Crippen molar-refractivity contribution in [3.63, 3.8) is 0 Å². The molecule has 1 saturated carbocycles. The van der Waals surface area contributed by atoms with Gasteiger partial charge >= 0.3 is 5.69 Å². The molecule has 0 aliphatic heterocycles. The Morgan fingerprint density at radius 2 is 1.76 bits per heavy atom. The summed E-state index contributed by atoms with van der Waals surface area (Å²) >= 11 is 0. The Labute approximate surface area is 210 Å². The molecule has 5 aromatic rings. The first-order valence-electron chi connectivity index (χ1n) is 12.0. The number of fused-ring (bicyclic) bond motifs is 2. The van der Waals surface area contributed by atoms with Gasteiger partial charge in [0.2, 0.25) is 0 Å². The van der Waals surface area contributed by atoms with Crippen LogP contribution in [0.4, 0.5) is 15.9 Å². The molecule has 0 unspecified atom stereocenters. The minimum Gasteiger partial charge on any atom is -0.338 e. The number of anilines is 2. The molecule has 0 spiro atoms. The molecule has 188 valence electrons. The SMILES string of the molecule is Cc1ccc(Nc2c3c(=O)n(C4CC4)c(=O)n(-c4ccc5c(cnn5C)c4)c3c(C)c(=O)n2C)c(F)c1. The van der Waals surface area contributed by atoms with Gasteiger partial charge in [-0.1, -0.05) is 6.07 Å². The predicted molar refractivity (Wildman–Crippen MR) is 141 cm³/mol. The number of hydrogen-bond donors (Lipinski definition) is 1. The molecule has 0 bridgehead atoms. The van der Waals surface area contributed by atoms with Crippen molar-refractivity contribution in [3.05, 3.63) is 90.7 Å². The fourth-order valence-electron chi connectivity index (χ4n) is 4.99. The van der Waals surface area contributed by atoms with E-state index >= 15 is 0 Å². The molecule has 10 heteroatoms. The molecule has 1 N–H and O–H groups in total. The largest absolute Gasteiger partial charge is 0.338 e. The number of nitrogens with one attached hydrogen (secondary N) is 1. The monoisotopic (exact) mass is 500 g/mol. The highest BCUT2D eigenvalue weighted by Crippen LogP contribution is 2.34. The Kier molecular flexibility index (Phi) is 4.98. The van der Waals surface area contributed by atoms with Gasteiger partial charge in [-0.3, -0.25) is 28.0 Å². The van der Waals surface area contributed by atoms with E-state index in [-0.39, 0.29) is 34.0 Å². The maximum Gasteiger partial charge on any atom is 0.336 e. The molecule has 1 aliphatic rings. The van der Waals surface area contributed by atoms with E-state index in [1.807, 2.05) is 19.2 Å². The van der Waals surface area contributed by atoms with Crippen LogP contribution in [0.15, 0.2) is 57.0 Å². The van der Waals surface area contributed by atoms with Gasteiger partial charge in [-0.05, 0) is 62.6 Å². The van der Waals surface area contributed by atoms with E-state index in [0.717, 1.165) is 16.5 Å². The molecule has 1 aliphatic carbocycles. The molecule has 9 nitrogen and oxygen atoms in total. The van der Waals surface area contributed by atoms with Gasteiger partial charge in [-0.25, -0.2) is 9.18 Å². The lowest BCUT2D eigenvalue weighted by Crippen LogP contribution is -2.41. The maximum atomic E-state index is 14.8. The van der Waals surface area contributed by atoms with Crippen LogP contribution in [-0.4, -0.2) is 23.5 Å². The zero-order valence-electron chi connectivity index (χ0n) is 20.9. The van der Waals surface area contributed by atoms with Crippen molar-refractivity contribution in [1.29, 1.82) is 0 Å². The molecule has 6 rings (SSSR count). The summed E-state index contributed by atoms with van der Waals surface area (Å²) in [7, 11) is 3.36. The molecule has 3 aromatic heterocycles. The van der Waals surface area contributed by atoms with Crippen molar-refractivity contribution in [2.75, 3.05) is 5.32 Å². The van der Waals surface area contributed by atoms with Crippen LogP contribution in [0, 0.1) is 19.7 Å². The van der Waals surface area contributed by atoms with Gasteiger partial charge in [-0.2, -0.15) is 5.10 Å². The summed E-state index contributed by atoms with van der Waals surface area (Å²) in [4.78, 5) is 41.1. The maximum absolute atomic E-state index is 14.8. The van der Waals surface area contributed by atoms with Gasteiger partial charge in [0.15, 0.2) is 0 Å². The summed E-state index contributed by atoms with van der Waals surface area (Å²) in [5.74, 6) is -0.386. The van der Waals surface area contributed by atoms with Crippen molar-refractivity contribution >= 4 is 33.3 Å². The quantitative estimate of drug-likeness (QED) is 0.407. The van der Waals surface area contributed by atoms with Crippen molar-refractivity contribution < 1.29 is 4.39 Å². The average Bonchev–Trinajstić information content (AvgIpc) is 3.63. The summed E-state index contributed by atoms with van der Waals surface area (Å²) in [6.45, 7) is 3.37. The molecule has 0 atom stereocenters. The first-order valence-corrected chi connectivity index (χ1v) is 12.0. The number of nitrogens with zero attached hydrogens (tertiary/aromatic N) is 5. The van der Waals surface area contributed by atoms with Crippen molar-refractivity contribution in [3.8, 4) is 5.69 Å². The van der Waals surface area contributed by atoms with Crippen LogP contribution >= 0.6 is 0 Å². The number of pyridine rings is 1. The summed E-state index contributed by atoms with van der Waals surface area (Å²) in [6, 6.07) is 9.89. The Morgan fingerprint density at radius 1 is 1.00 bits per heavy atom. The van der Waals surface area contributed by atoms with E-state index in [9.17, 15) is 18.8 Å². The van der Waals surface area contributed by atoms with Gasteiger partial charge in [0.1, 0.15) is 17.0 Å². The lowest BCUT2D eigenvalue weighted by molar-refractivity contribution is 0.630. The van der Waals surface area contributed by atoms with E-state index in [2.05, 4.69) is 10.4 Å². The third kappa shape index (κ3) is 3.43. The number of aryl methyl sites for hydroxylation is 3. The zero-order chi connectivity index (χ0) is 26.2. The first-order chi connectivity index (χ1) is 17.7. The second-order valence-corrected chi connectivity index (χ2v) is 9.71. The van der Waals surface area contributed by atoms with E-state index in [1.54, 1.807) is 42.9 Å². The van der Waals surface area contributed by atoms with Crippen molar-refractivity contribution in [2.45, 2.75) is 32.7 Å². The Bertz CT molecular complexity index is 1940. The van der Waals surface area contributed by atoms with Gasteiger partial charge in [0, 0.05) is 31.1 Å². The van der Waals surface area contributed by atoms with Crippen LogP contribution in [0.25, 0.3) is 27.5 Å². The summed E-state index contributed by atoms with van der Waals surface area (Å²) in [6.07, 6.45) is 3.12. The Hall–Kier alpha value is -4.47. The van der Waals surface area contributed by atoms with E-state index in [4.69, 9.17) is 0 Å². The van der Waals surface area contributed by atoms with Gasteiger partial charge in [0.25, 0.3) is 11.1 Å². The summed E-state index contributed by atoms with van der Waals surface area (Å²) in [5.41, 5.74) is 1.28. The second kappa shape index (κ2) is 8.02. The first kappa shape index (κ1) is 23.0. The number of benzene rings is 2. The minimum absolute atomic E-state index is 0.123. The molecule has 0 radical (unpaired) electrons. The van der Waals surface area contributed by atoms with Crippen molar-refractivity contribution in [1.82, 2.24) is 23.5 Å². The van der Waals surface area contributed by atoms with Crippen LogP contribution < -0.4 is 22.1 Å².